The third-order valence-electron chi connectivity index (χ3n) is 1.83. The molecular formula is C9H18N2O4. The highest BCUT2D eigenvalue weighted by Crippen LogP contribution is 1.94. The number of rotatable bonds is 8. The van der Waals surface area contributed by atoms with Gasteiger partial charge in [0.05, 0.1) is 6.61 Å². The monoisotopic (exact) mass is 218 g/mol. The number of carboxylic acids is 1. The molecule has 15 heavy (non-hydrogen) atoms. The first-order valence-electron chi connectivity index (χ1n) is 4.75. The van der Waals surface area contributed by atoms with E-state index in [2.05, 4.69) is 5.32 Å². The van der Waals surface area contributed by atoms with Crippen LogP contribution < -0.4 is 5.32 Å². The summed E-state index contributed by atoms with van der Waals surface area (Å²) in [5.74, 6) is -1.19. The maximum atomic E-state index is 11.5. The Morgan fingerprint density at radius 1 is 1.47 bits per heavy atom. The number of nitrogens with one attached hydrogen (secondary N) is 1. The van der Waals surface area contributed by atoms with Crippen LogP contribution in [-0.4, -0.2) is 62.3 Å². The van der Waals surface area contributed by atoms with Gasteiger partial charge in [-0.2, -0.15) is 0 Å². The molecular weight excluding hydrogens is 200 g/mol. The first-order valence-corrected chi connectivity index (χ1v) is 4.75. The van der Waals surface area contributed by atoms with Gasteiger partial charge in [0.25, 0.3) is 0 Å². The zero-order valence-electron chi connectivity index (χ0n) is 9.15. The second-order valence-corrected chi connectivity index (χ2v) is 3.06. The Bertz CT molecular complexity index is 208. The highest BCUT2D eigenvalue weighted by molar-refractivity contribution is 5.81. The van der Waals surface area contributed by atoms with E-state index in [-0.39, 0.29) is 12.5 Å². The number of amides is 1. The Labute approximate surface area is 89.2 Å². The van der Waals surface area contributed by atoms with Crippen molar-refractivity contribution in [2.24, 2.45) is 0 Å². The number of carboxylic acid groups (broad SMARTS) is 1. The van der Waals surface area contributed by atoms with E-state index < -0.39 is 5.97 Å². The summed E-state index contributed by atoms with van der Waals surface area (Å²) in [6.45, 7) is 0.928. The molecule has 0 saturated carbocycles. The molecule has 0 saturated heterocycles. The van der Waals surface area contributed by atoms with Crippen molar-refractivity contribution in [3.05, 3.63) is 0 Å². The highest BCUT2D eigenvalue weighted by atomic mass is 16.5. The second-order valence-electron chi connectivity index (χ2n) is 3.06. The van der Waals surface area contributed by atoms with Gasteiger partial charge in [-0.3, -0.25) is 9.59 Å². The molecule has 0 fully saturated rings. The van der Waals surface area contributed by atoms with E-state index in [4.69, 9.17) is 9.84 Å². The summed E-state index contributed by atoms with van der Waals surface area (Å²) < 4.78 is 4.81. The Morgan fingerprint density at radius 2 is 2.13 bits per heavy atom. The Balaban J connectivity index is 4.07. The van der Waals surface area contributed by atoms with Crippen molar-refractivity contribution in [3.63, 3.8) is 0 Å². The van der Waals surface area contributed by atoms with Gasteiger partial charge in [-0.05, 0) is 7.05 Å². The van der Waals surface area contributed by atoms with Crippen LogP contribution in [0.4, 0.5) is 0 Å². The van der Waals surface area contributed by atoms with Crippen LogP contribution in [0, 0.1) is 0 Å². The lowest BCUT2D eigenvalue weighted by atomic mass is 10.3. The van der Waals surface area contributed by atoms with Crippen LogP contribution in [0.1, 0.15) is 6.42 Å². The molecule has 0 aliphatic heterocycles. The molecule has 0 rings (SSSR count). The molecule has 0 aliphatic carbocycles. The zero-order chi connectivity index (χ0) is 11.7. The predicted molar refractivity (Wildman–Crippen MR) is 54.6 cm³/mol. The maximum Gasteiger partial charge on any atom is 0.323 e. The molecule has 88 valence electrons. The van der Waals surface area contributed by atoms with Crippen molar-refractivity contribution in [2.45, 2.75) is 6.42 Å². The molecule has 0 bridgehead atoms. The summed E-state index contributed by atoms with van der Waals surface area (Å²) in [5, 5.41) is 11.4. The summed E-state index contributed by atoms with van der Waals surface area (Å²) in [6.07, 6.45) is 0.299. The fourth-order valence-electron chi connectivity index (χ4n) is 1.05. The first-order chi connectivity index (χ1) is 7.11. The third kappa shape index (κ3) is 6.87. The van der Waals surface area contributed by atoms with E-state index in [9.17, 15) is 9.59 Å². The predicted octanol–water partition coefficient (Wildman–Crippen LogP) is -0.844. The fourth-order valence-corrected chi connectivity index (χ4v) is 1.05. The third-order valence-corrected chi connectivity index (χ3v) is 1.83. The van der Waals surface area contributed by atoms with E-state index in [0.29, 0.717) is 26.1 Å². The van der Waals surface area contributed by atoms with E-state index >= 15 is 0 Å². The minimum atomic E-state index is -1.01. The molecule has 0 aromatic carbocycles. The lowest BCUT2D eigenvalue weighted by Gasteiger charge is -2.20. The standard InChI is InChI=1S/C9H18N2O4/c1-10-4-3-8(12)11(5-6-15-2)7-9(13)14/h10H,3-7H2,1-2H3,(H,13,14). The van der Waals surface area contributed by atoms with Gasteiger partial charge < -0.3 is 20.1 Å². The topological polar surface area (TPSA) is 78.9 Å². The number of carbonyl (C=O) groups excluding carboxylic acids is 1. The van der Waals surface area contributed by atoms with Gasteiger partial charge >= 0.3 is 5.97 Å². The van der Waals surface area contributed by atoms with Crippen LogP contribution in [0.2, 0.25) is 0 Å². The lowest BCUT2D eigenvalue weighted by Crippen LogP contribution is -2.39. The quantitative estimate of drug-likeness (QED) is 0.555. The fraction of sp³-hybridized carbons (Fsp3) is 0.778. The minimum Gasteiger partial charge on any atom is -0.480 e. The van der Waals surface area contributed by atoms with Gasteiger partial charge in [-0.25, -0.2) is 0 Å². The molecule has 0 spiro atoms. The van der Waals surface area contributed by atoms with Crippen molar-refractivity contribution in [2.75, 3.05) is 40.4 Å². The van der Waals surface area contributed by atoms with Gasteiger partial charge in [-0.15, -0.1) is 0 Å². The van der Waals surface area contributed by atoms with Crippen LogP contribution >= 0.6 is 0 Å². The molecule has 0 atom stereocenters. The van der Waals surface area contributed by atoms with Gasteiger partial charge in [0.1, 0.15) is 6.54 Å². The minimum absolute atomic E-state index is 0.177. The highest BCUT2D eigenvalue weighted by Gasteiger charge is 2.15. The van der Waals surface area contributed by atoms with Crippen molar-refractivity contribution in [3.8, 4) is 0 Å². The molecule has 2 N–H and O–H groups in total. The van der Waals surface area contributed by atoms with Crippen molar-refractivity contribution >= 4 is 11.9 Å². The molecule has 0 aromatic heterocycles. The number of aliphatic carboxylic acids is 1. The van der Waals surface area contributed by atoms with Crippen LogP contribution in [0.3, 0.4) is 0 Å². The molecule has 6 nitrogen and oxygen atoms in total. The van der Waals surface area contributed by atoms with E-state index in [0.717, 1.165) is 0 Å². The number of methoxy groups -OCH3 is 1. The normalized spacial score (nSPS) is 10.0. The summed E-state index contributed by atoms with van der Waals surface area (Å²) >= 11 is 0. The first kappa shape index (κ1) is 13.9. The number of hydrogen-bond acceptors (Lipinski definition) is 4. The van der Waals surface area contributed by atoms with Crippen LogP contribution in [-0.2, 0) is 14.3 Å². The van der Waals surface area contributed by atoms with Gasteiger partial charge in [0.15, 0.2) is 0 Å². The summed E-state index contributed by atoms with van der Waals surface area (Å²) in [5.41, 5.74) is 0. The molecule has 0 aromatic rings. The molecule has 1 amide bonds. The smallest absolute Gasteiger partial charge is 0.323 e. The van der Waals surface area contributed by atoms with E-state index in [1.54, 1.807) is 7.05 Å². The van der Waals surface area contributed by atoms with Crippen molar-refractivity contribution in [1.82, 2.24) is 10.2 Å². The van der Waals surface area contributed by atoms with Gasteiger partial charge in [0.2, 0.25) is 5.91 Å². The Morgan fingerprint density at radius 3 is 2.60 bits per heavy atom. The van der Waals surface area contributed by atoms with Crippen LogP contribution in [0.5, 0.6) is 0 Å². The SMILES string of the molecule is CNCCC(=O)N(CCOC)CC(=O)O. The average molecular weight is 218 g/mol. The maximum absolute atomic E-state index is 11.5. The number of hydrogen-bond donors (Lipinski definition) is 2. The number of nitrogens with zero attached hydrogens (tertiary/aromatic N) is 1. The van der Waals surface area contributed by atoms with Crippen LogP contribution in [0.25, 0.3) is 0 Å². The lowest BCUT2D eigenvalue weighted by molar-refractivity contribution is -0.144. The second kappa shape index (κ2) is 8.19. The molecule has 6 heteroatoms. The molecule has 0 radical (unpaired) electrons. The molecule has 0 unspecified atom stereocenters. The Hall–Kier alpha value is -1.14. The zero-order valence-corrected chi connectivity index (χ0v) is 9.15. The summed E-state index contributed by atoms with van der Waals surface area (Å²) in [7, 11) is 3.25. The van der Waals surface area contributed by atoms with Crippen molar-refractivity contribution < 1.29 is 19.4 Å². The van der Waals surface area contributed by atoms with Crippen molar-refractivity contribution in [1.29, 1.82) is 0 Å². The van der Waals surface area contributed by atoms with E-state index in [1.165, 1.54) is 12.0 Å². The molecule has 0 heterocycles. The summed E-state index contributed by atoms with van der Waals surface area (Å²) in [6, 6.07) is 0. The van der Waals surface area contributed by atoms with Gasteiger partial charge in [0, 0.05) is 26.6 Å². The Kier molecular flexibility index (Phi) is 7.57. The number of ether oxygens (including phenoxy) is 1. The number of carbonyl (C=O) groups is 2. The largest absolute Gasteiger partial charge is 0.480 e. The van der Waals surface area contributed by atoms with Gasteiger partial charge in [-0.1, -0.05) is 0 Å². The molecule has 0 aliphatic rings. The van der Waals surface area contributed by atoms with E-state index in [1.807, 2.05) is 0 Å². The average Bonchev–Trinajstić information content (AvgIpc) is 2.20. The summed E-state index contributed by atoms with van der Waals surface area (Å²) in [4.78, 5) is 23.3. The van der Waals surface area contributed by atoms with Crippen LogP contribution in [0.15, 0.2) is 0 Å².